The van der Waals surface area contributed by atoms with Gasteiger partial charge in [0.25, 0.3) is 0 Å². The van der Waals surface area contributed by atoms with E-state index in [-0.39, 0.29) is 16.8 Å². The Balaban J connectivity index is 1.95. The Morgan fingerprint density at radius 1 is 1.35 bits per heavy atom. The van der Waals surface area contributed by atoms with E-state index < -0.39 is 10.0 Å². The van der Waals surface area contributed by atoms with E-state index in [1.165, 1.54) is 11.8 Å². The molecule has 1 aromatic heterocycles. The number of anilines is 1. The molecule has 2 rings (SSSR count). The maximum atomic E-state index is 12.1. The van der Waals surface area contributed by atoms with Gasteiger partial charge in [0, 0.05) is 6.04 Å². The minimum atomic E-state index is -3.62. The molecule has 0 saturated heterocycles. The van der Waals surface area contributed by atoms with Crippen LogP contribution < -0.4 is 10.5 Å². The van der Waals surface area contributed by atoms with Gasteiger partial charge in [0.05, 0.1) is 6.20 Å². The van der Waals surface area contributed by atoms with Crippen molar-refractivity contribution in [2.45, 2.75) is 30.7 Å². The molecule has 0 radical (unpaired) electrons. The van der Waals surface area contributed by atoms with Gasteiger partial charge in [-0.1, -0.05) is 30.3 Å². The van der Waals surface area contributed by atoms with Gasteiger partial charge < -0.3 is 5.73 Å². The van der Waals surface area contributed by atoms with Crippen LogP contribution in [0.25, 0.3) is 0 Å². The summed E-state index contributed by atoms with van der Waals surface area (Å²) in [7, 11) is -3.62. The average Bonchev–Trinajstić information content (AvgIpc) is 2.84. The normalized spacial score (nSPS) is 13.2. The molecule has 0 spiro atoms. The second kappa shape index (κ2) is 6.06. The molecule has 1 unspecified atom stereocenters. The average molecular weight is 294 g/mol. The molecule has 2 aromatic rings. The summed E-state index contributed by atoms with van der Waals surface area (Å²) in [6.07, 6.45) is 2.73. The van der Waals surface area contributed by atoms with Crippen LogP contribution in [0.5, 0.6) is 0 Å². The summed E-state index contributed by atoms with van der Waals surface area (Å²) < 4.78 is 26.8. The Kier molecular flexibility index (Phi) is 4.41. The van der Waals surface area contributed by atoms with Gasteiger partial charge >= 0.3 is 0 Å². The number of sulfonamides is 1. The number of benzene rings is 1. The SMILES string of the molecule is CC(CCc1ccccc1)NS(=O)(=O)c1cn[nH]c1N. The Morgan fingerprint density at radius 3 is 2.65 bits per heavy atom. The van der Waals surface area contributed by atoms with E-state index in [9.17, 15) is 8.42 Å². The lowest BCUT2D eigenvalue weighted by molar-refractivity contribution is 0.547. The van der Waals surface area contributed by atoms with Crippen molar-refractivity contribution >= 4 is 15.8 Å². The van der Waals surface area contributed by atoms with Gasteiger partial charge in [0.2, 0.25) is 10.0 Å². The Bertz CT molecular complexity index is 652. The highest BCUT2D eigenvalue weighted by molar-refractivity contribution is 7.89. The molecule has 1 atom stereocenters. The highest BCUT2D eigenvalue weighted by Gasteiger charge is 2.21. The lowest BCUT2D eigenvalue weighted by atomic mass is 10.1. The summed E-state index contributed by atoms with van der Waals surface area (Å²) in [4.78, 5) is -0.0101. The summed E-state index contributed by atoms with van der Waals surface area (Å²) >= 11 is 0. The second-order valence-electron chi connectivity index (χ2n) is 4.69. The third kappa shape index (κ3) is 3.58. The number of aromatic nitrogens is 2. The third-order valence-electron chi connectivity index (χ3n) is 2.99. The quantitative estimate of drug-likeness (QED) is 0.747. The van der Waals surface area contributed by atoms with Crippen LogP contribution in [0.15, 0.2) is 41.4 Å². The molecule has 0 aliphatic rings. The van der Waals surface area contributed by atoms with Gasteiger partial charge in [-0.15, -0.1) is 0 Å². The van der Waals surface area contributed by atoms with E-state index >= 15 is 0 Å². The number of rotatable bonds is 6. The van der Waals surface area contributed by atoms with Gasteiger partial charge in [-0.05, 0) is 25.3 Å². The van der Waals surface area contributed by atoms with Crippen molar-refractivity contribution in [2.24, 2.45) is 0 Å². The fourth-order valence-corrected chi connectivity index (χ4v) is 3.22. The van der Waals surface area contributed by atoms with E-state index in [0.29, 0.717) is 6.42 Å². The van der Waals surface area contributed by atoms with Crippen LogP contribution in [-0.4, -0.2) is 24.7 Å². The molecule has 1 aromatic carbocycles. The largest absolute Gasteiger partial charge is 0.383 e. The molecule has 1 heterocycles. The first-order chi connectivity index (χ1) is 9.49. The summed E-state index contributed by atoms with van der Waals surface area (Å²) in [6.45, 7) is 1.83. The minimum Gasteiger partial charge on any atom is -0.383 e. The zero-order valence-corrected chi connectivity index (χ0v) is 12.0. The molecular weight excluding hydrogens is 276 g/mol. The van der Waals surface area contributed by atoms with Gasteiger partial charge in [-0.25, -0.2) is 13.1 Å². The molecule has 0 fully saturated rings. The van der Waals surface area contributed by atoms with Gasteiger partial charge in [-0.2, -0.15) is 5.10 Å². The van der Waals surface area contributed by atoms with Crippen LogP contribution in [0, 0.1) is 0 Å². The molecule has 108 valence electrons. The predicted molar refractivity (Wildman–Crippen MR) is 77.5 cm³/mol. The summed E-state index contributed by atoms with van der Waals surface area (Å²) in [5, 5.41) is 6.03. The smallest absolute Gasteiger partial charge is 0.246 e. The van der Waals surface area contributed by atoms with Crippen LogP contribution in [0.1, 0.15) is 18.9 Å². The number of H-pyrrole nitrogens is 1. The highest BCUT2D eigenvalue weighted by Crippen LogP contribution is 2.15. The number of nitrogens with one attached hydrogen (secondary N) is 2. The fourth-order valence-electron chi connectivity index (χ4n) is 1.91. The molecule has 7 heteroatoms. The van der Waals surface area contributed by atoms with Crippen LogP contribution in [0.4, 0.5) is 5.82 Å². The van der Waals surface area contributed by atoms with Crippen molar-refractivity contribution in [1.82, 2.24) is 14.9 Å². The number of aryl methyl sites for hydroxylation is 1. The van der Waals surface area contributed by atoms with E-state index in [0.717, 1.165) is 6.42 Å². The molecule has 0 bridgehead atoms. The molecule has 0 amide bonds. The Morgan fingerprint density at radius 2 is 2.05 bits per heavy atom. The Hall–Kier alpha value is -1.86. The second-order valence-corrected chi connectivity index (χ2v) is 6.38. The zero-order chi connectivity index (χ0) is 14.6. The molecule has 0 aliphatic carbocycles. The van der Waals surface area contributed by atoms with Crippen molar-refractivity contribution in [3.63, 3.8) is 0 Å². The van der Waals surface area contributed by atoms with E-state index in [4.69, 9.17) is 5.73 Å². The maximum absolute atomic E-state index is 12.1. The van der Waals surface area contributed by atoms with Gasteiger partial charge in [-0.3, -0.25) is 5.10 Å². The monoisotopic (exact) mass is 294 g/mol. The molecular formula is C13H18N4O2S. The summed E-state index contributed by atoms with van der Waals surface area (Å²) in [6, 6.07) is 9.75. The van der Waals surface area contributed by atoms with Crippen LogP contribution in [0.2, 0.25) is 0 Å². The van der Waals surface area contributed by atoms with E-state index in [2.05, 4.69) is 14.9 Å². The number of aromatic amines is 1. The first-order valence-corrected chi connectivity index (χ1v) is 7.82. The van der Waals surface area contributed by atoms with Crippen LogP contribution in [-0.2, 0) is 16.4 Å². The zero-order valence-electron chi connectivity index (χ0n) is 11.2. The first-order valence-electron chi connectivity index (χ1n) is 6.34. The van der Waals surface area contributed by atoms with Crippen LogP contribution >= 0.6 is 0 Å². The number of nitrogen functional groups attached to an aromatic ring is 1. The predicted octanol–water partition coefficient (Wildman–Crippen LogP) is 1.29. The van der Waals surface area contributed by atoms with Gasteiger partial charge in [0.15, 0.2) is 0 Å². The Labute approximate surface area is 118 Å². The van der Waals surface area contributed by atoms with E-state index in [1.54, 1.807) is 0 Å². The van der Waals surface area contributed by atoms with Crippen molar-refractivity contribution in [3.8, 4) is 0 Å². The summed E-state index contributed by atoms with van der Waals surface area (Å²) in [5.41, 5.74) is 6.71. The topological polar surface area (TPSA) is 101 Å². The number of nitrogens with two attached hydrogens (primary N) is 1. The lowest BCUT2D eigenvalue weighted by Crippen LogP contribution is -2.33. The van der Waals surface area contributed by atoms with Crippen LogP contribution in [0.3, 0.4) is 0 Å². The maximum Gasteiger partial charge on any atom is 0.246 e. The third-order valence-corrected chi connectivity index (χ3v) is 4.60. The fraction of sp³-hybridized carbons (Fsp3) is 0.308. The van der Waals surface area contributed by atoms with Crippen molar-refractivity contribution in [2.75, 3.05) is 5.73 Å². The molecule has 0 saturated carbocycles. The number of hydrogen-bond acceptors (Lipinski definition) is 4. The van der Waals surface area contributed by atoms with Gasteiger partial charge in [0.1, 0.15) is 10.7 Å². The van der Waals surface area contributed by atoms with Crippen molar-refractivity contribution < 1.29 is 8.42 Å². The number of hydrogen-bond donors (Lipinski definition) is 3. The highest BCUT2D eigenvalue weighted by atomic mass is 32.2. The summed E-state index contributed by atoms with van der Waals surface area (Å²) in [5.74, 6) is 0.0489. The first kappa shape index (κ1) is 14.5. The lowest BCUT2D eigenvalue weighted by Gasteiger charge is -2.13. The molecule has 6 nitrogen and oxygen atoms in total. The molecule has 20 heavy (non-hydrogen) atoms. The minimum absolute atomic E-state index is 0.0101. The number of nitrogens with zero attached hydrogens (tertiary/aromatic N) is 1. The molecule has 0 aliphatic heterocycles. The standard InChI is InChI=1S/C13H18N4O2S/c1-10(7-8-11-5-3-2-4-6-11)17-20(18,19)12-9-15-16-13(12)14/h2-6,9-10,17H,7-8H2,1H3,(H3,14,15,16). The van der Waals surface area contributed by atoms with Crippen molar-refractivity contribution in [3.05, 3.63) is 42.1 Å². The molecule has 4 N–H and O–H groups in total. The van der Waals surface area contributed by atoms with E-state index in [1.807, 2.05) is 37.3 Å². The van der Waals surface area contributed by atoms with Crippen molar-refractivity contribution in [1.29, 1.82) is 0 Å².